The Hall–Kier alpha value is -2.06. The van der Waals surface area contributed by atoms with Crippen LogP contribution in [0, 0.1) is 12.7 Å². The number of aromatic nitrogens is 2. The minimum atomic E-state index is -0.313. The van der Waals surface area contributed by atoms with E-state index in [4.69, 9.17) is 0 Å². The molecule has 2 heterocycles. The lowest BCUT2D eigenvalue weighted by Gasteiger charge is -2.35. The third-order valence-electron chi connectivity index (χ3n) is 5.04. The van der Waals surface area contributed by atoms with Gasteiger partial charge in [-0.05, 0) is 40.5 Å². The number of aldehydes is 1. The number of benzene rings is 1. The highest BCUT2D eigenvalue weighted by molar-refractivity contribution is 9.10. The van der Waals surface area contributed by atoms with Crippen LogP contribution in [0.2, 0.25) is 0 Å². The molecule has 1 atom stereocenters. The largest absolute Gasteiger partial charge is 0.335 e. The second kappa shape index (κ2) is 8.31. The topological polar surface area (TPSA) is 58.4 Å². The molecular weight excluding hydrogens is 415 g/mol. The van der Waals surface area contributed by atoms with Crippen molar-refractivity contribution in [2.75, 3.05) is 32.7 Å². The van der Waals surface area contributed by atoms with E-state index in [1.165, 1.54) is 12.1 Å². The van der Waals surface area contributed by atoms with Gasteiger partial charge in [0.1, 0.15) is 12.1 Å². The van der Waals surface area contributed by atoms with Crippen LogP contribution in [-0.2, 0) is 11.8 Å². The fourth-order valence-corrected chi connectivity index (χ4v) is 3.72. The van der Waals surface area contributed by atoms with Crippen molar-refractivity contribution < 1.29 is 14.0 Å². The summed E-state index contributed by atoms with van der Waals surface area (Å²) in [5.74, 6) is -0.706. The number of rotatable bonds is 5. The maximum atomic E-state index is 13.1. The normalized spacial score (nSPS) is 16.4. The second-order valence-corrected chi connectivity index (χ2v) is 7.55. The Morgan fingerprint density at radius 2 is 1.89 bits per heavy atom. The molecule has 0 radical (unpaired) electrons. The molecule has 1 aromatic heterocycles. The average molecular weight is 437 g/mol. The van der Waals surface area contributed by atoms with Crippen molar-refractivity contribution in [3.63, 3.8) is 0 Å². The van der Waals surface area contributed by atoms with Gasteiger partial charge in [-0.3, -0.25) is 14.4 Å². The highest BCUT2D eigenvalue weighted by atomic mass is 79.9. The Balaban J connectivity index is 1.59. The summed E-state index contributed by atoms with van der Waals surface area (Å²) in [5, 5.41) is 4.30. The zero-order valence-corrected chi connectivity index (χ0v) is 16.9. The zero-order valence-electron chi connectivity index (χ0n) is 15.4. The van der Waals surface area contributed by atoms with Crippen molar-refractivity contribution in [1.82, 2.24) is 19.6 Å². The predicted molar refractivity (Wildman–Crippen MR) is 103 cm³/mol. The SMILES string of the molecule is Cc1c(Br)c(C(=O)N2CCN(CC(C=O)c3ccc(F)cc3)CC2)nn1C. The molecule has 0 aliphatic carbocycles. The maximum absolute atomic E-state index is 13.1. The maximum Gasteiger partial charge on any atom is 0.275 e. The fourth-order valence-electron chi connectivity index (χ4n) is 3.22. The van der Waals surface area contributed by atoms with E-state index < -0.39 is 0 Å². The van der Waals surface area contributed by atoms with Crippen LogP contribution in [0.25, 0.3) is 0 Å². The molecule has 0 spiro atoms. The molecule has 0 N–H and O–H groups in total. The lowest BCUT2D eigenvalue weighted by atomic mass is 9.99. The van der Waals surface area contributed by atoms with E-state index in [1.807, 2.05) is 14.0 Å². The van der Waals surface area contributed by atoms with Crippen molar-refractivity contribution in [3.8, 4) is 0 Å². The first-order valence-electron chi connectivity index (χ1n) is 8.82. The number of halogens is 2. The second-order valence-electron chi connectivity index (χ2n) is 6.76. The summed E-state index contributed by atoms with van der Waals surface area (Å²) < 4.78 is 15.5. The van der Waals surface area contributed by atoms with Crippen molar-refractivity contribution in [1.29, 1.82) is 0 Å². The molecule has 1 aliphatic rings. The summed E-state index contributed by atoms with van der Waals surface area (Å²) in [6.07, 6.45) is 0.901. The molecule has 1 saturated heterocycles. The summed E-state index contributed by atoms with van der Waals surface area (Å²) in [6.45, 7) is 4.98. The van der Waals surface area contributed by atoms with Gasteiger partial charge in [-0.15, -0.1) is 0 Å². The van der Waals surface area contributed by atoms with Gasteiger partial charge in [0.2, 0.25) is 0 Å². The van der Waals surface area contributed by atoms with E-state index in [0.29, 0.717) is 38.4 Å². The molecule has 1 fully saturated rings. The first-order valence-corrected chi connectivity index (χ1v) is 9.61. The van der Waals surface area contributed by atoms with Crippen LogP contribution >= 0.6 is 15.9 Å². The third kappa shape index (κ3) is 4.27. The van der Waals surface area contributed by atoms with Gasteiger partial charge in [-0.2, -0.15) is 5.10 Å². The molecule has 1 aromatic carbocycles. The van der Waals surface area contributed by atoms with Gasteiger partial charge in [0.25, 0.3) is 5.91 Å². The molecule has 1 unspecified atom stereocenters. The monoisotopic (exact) mass is 436 g/mol. The van der Waals surface area contributed by atoms with Crippen LogP contribution < -0.4 is 0 Å². The highest BCUT2D eigenvalue weighted by Crippen LogP contribution is 2.22. The fraction of sp³-hybridized carbons (Fsp3) is 0.421. The molecule has 1 aliphatic heterocycles. The molecule has 3 rings (SSSR count). The molecule has 8 heteroatoms. The van der Waals surface area contributed by atoms with Crippen LogP contribution in [-0.4, -0.2) is 64.5 Å². The standard InChI is InChI=1S/C19H22BrFN4O2/c1-13-17(20)18(22-23(13)2)19(27)25-9-7-24(8-10-25)11-15(12-26)14-3-5-16(21)6-4-14/h3-6,12,15H,7-11H2,1-2H3. The summed E-state index contributed by atoms with van der Waals surface area (Å²) in [6, 6.07) is 6.04. The first-order chi connectivity index (χ1) is 12.9. The van der Waals surface area contributed by atoms with Crippen LogP contribution in [0.15, 0.2) is 28.7 Å². The smallest absolute Gasteiger partial charge is 0.275 e. The van der Waals surface area contributed by atoms with Gasteiger partial charge >= 0.3 is 0 Å². The van der Waals surface area contributed by atoms with E-state index in [0.717, 1.165) is 22.0 Å². The molecule has 0 bridgehead atoms. The Morgan fingerprint density at radius 3 is 2.41 bits per heavy atom. The van der Waals surface area contributed by atoms with Gasteiger partial charge in [-0.1, -0.05) is 12.1 Å². The number of carbonyl (C=O) groups is 2. The molecule has 144 valence electrons. The van der Waals surface area contributed by atoms with Crippen molar-refractivity contribution in [2.45, 2.75) is 12.8 Å². The van der Waals surface area contributed by atoms with Gasteiger partial charge < -0.3 is 9.69 Å². The van der Waals surface area contributed by atoms with E-state index in [2.05, 4.69) is 25.9 Å². The van der Waals surface area contributed by atoms with E-state index in [9.17, 15) is 14.0 Å². The highest BCUT2D eigenvalue weighted by Gasteiger charge is 2.27. The summed E-state index contributed by atoms with van der Waals surface area (Å²) in [4.78, 5) is 28.2. The molecule has 0 saturated carbocycles. The van der Waals surface area contributed by atoms with Crippen molar-refractivity contribution in [2.24, 2.45) is 7.05 Å². The van der Waals surface area contributed by atoms with Gasteiger partial charge in [0, 0.05) is 39.8 Å². The minimum Gasteiger partial charge on any atom is -0.335 e. The van der Waals surface area contributed by atoms with Crippen molar-refractivity contribution >= 4 is 28.1 Å². The molecular formula is C19H22BrFN4O2. The molecule has 27 heavy (non-hydrogen) atoms. The number of piperazine rings is 1. The molecule has 1 amide bonds. The first kappa shape index (κ1) is 19.7. The molecule has 6 nitrogen and oxygen atoms in total. The van der Waals surface area contributed by atoms with Gasteiger partial charge in [-0.25, -0.2) is 4.39 Å². The zero-order chi connectivity index (χ0) is 19.6. The Morgan fingerprint density at radius 1 is 1.26 bits per heavy atom. The summed E-state index contributed by atoms with van der Waals surface area (Å²) >= 11 is 3.45. The van der Waals surface area contributed by atoms with Crippen LogP contribution in [0.4, 0.5) is 4.39 Å². The lowest BCUT2D eigenvalue weighted by molar-refractivity contribution is -0.109. The van der Waals surface area contributed by atoms with Crippen LogP contribution in [0.1, 0.15) is 27.7 Å². The van der Waals surface area contributed by atoms with E-state index in [-0.39, 0.29) is 17.6 Å². The van der Waals surface area contributed by atoms with Crippen LogP contribution in [0.5, 0.6) is 0 Å². The Bertz CT molecular complexity index is 829. The van der Waals surface area contributed by atoms with E-state index >= 15 is 0 Å². The Kier molecular flexibility index (Phi) is 6.06. The lowest BCUT2D eigenvalue weighted by Crippen LogP contribution is -2.49. The van der Waals surface area contributed by atoms with Gasteiger partial charge in [0.05, 0.1) is 16.1 Å². The summed E-state index contributed by atoms with van der Waals surface area (Å²) in [5.41, 5.74) is 2.14. The molecule has 2 aromatic rings. The summed E-state index contributed by atoms with van der Waals surface area (Å²) in [7, 11) is 1.81. The van der Waals surface area contributed by atoms with Gasteiger partial charge in [0.15, 0.2) is 5.69 Å². The number of hydrogen-bond acceptors (Lipinski definition) is 4. The number of nitrogens with zero attached hydrogens (tertiary/aromatic N) is 4. The third-order valence-corrected chi connectivity index (χ3v) is 5.99. The number of hydrogen-bond donors (Lipinski definition) is 0. The quantitative estimate of drug-likeness (QED) is 0.675. The van der Waals surface area contributed by atoms with Crippen molar-refractivity contribution in [3.05, 3.63) is 51.5 Å². The predicted octanol–water partition coefficient (Wildman–Crippen LogP) is 2.37. The Labute approximate surface area is 166 Å². The average Bonchev–Trinajstić information content (AvgIpc) is 2.94. The number of aryl methyl sites for hydroxylation is 1. The number of amides is 1. The van der Waals surface area contributed by atoms with Crippen LogP contribution in [0.3, 0.4) is 0 Å². The minimum absolute atomic E-state index is 0.0873. The van der Waals surface area contributed by atoms with E-state index in [1.54, 1.807) is 21.7 Å². The number of carbonyl (C=O) groups excluding carboxylic acids is 2.